The highest BCUT2D eigenvalue weighted by Gasteiger charge is 2.71. The van der Waals surface area contributed by atoms with Crippen molar-refractivity contribution >= 4 is 16.0 Å². The molecule has 20 heavy (non-hydrogen) atoms. The van der Waals surface area contributed by atoms with Crippen LogP contribution in [-0.4, -0.2) is 36.4 Å². The smallest absolute Gasteiger partial charge is 0.352 e. The van der Waals surface area contributed by atoms with Gasteiger partial charge in [-0.15, -0.1) is 0 Å². The van der Waals surface area contributed by atoms with Crippen molar-refractivity contribution in [1.82, 2.24) is 9.71 Å². The quantitative estimate of drug-likeness (QED) is 0.773. The molecule has 6 nitrogen and oxygen atoms in total. The number of sulfonamides is 1. The summed E-state index contributed by atoms with van der Waals surface area (Å²) in [5, 5.41) is 8.72. The summed E-state index contributed by atoms with van der Waals surface area (Å²) in [6.07, 6.45) is 1.30. The Morgan fingerprint density at radius 2 is 2.00 bits per heavy atom. The zero-order valence-electron chi connectivity index (χ0n) is 10.1. The highest BCUT2D eigenvalue weighted by Crippen LogP contribution is 2.64. The lowest BCUT2D eigenvalue weighted by molar-refractivity contribution is 0.0682. The number of carbonyl (C=O) groups is 1. The standard InChI is InChI=1S/C11H12F2N2O4S/c12-11(13)7-1-5(2-8(7)11)15-20(18,19)6-3-9(10(16)17)14-4-6/h3-5,7-8,14-15H,1-2H2,(H,16,17). The summed E-state index contributed by atoms with van der Waals surface area (Å²) in [5.74, 6) is -5.37. The molecule has 9 heteroatoms. The van der Waals surface area contributed by atoms with E-state index in [0.29, 0.717) is 0 Å². The van der Waals surface area contributed by atoms with Crippen molar-refractivity contribution in [3.63, 3.8) is 0 Å². The Labute approximate surface area is 113 Å². The van der Waals surface area contributed by atoms with Crippen molar-refractivity contribution < 1.29 is 27.1 Å². The fourth-order valence-electron chi connectivity index (χ4n) is 2.85. The third-order valence-electron chi connectivity index (χ3n) is 3.96. The van der Waals surface area contributed by atoms with Gasteiger partial charge in [-0.2, -0.15) is 0 Å². The van der Waals surface area contributed by atoms with E-state index in [4.69, 9.17) is 5.11 Å². The number of carboxylic acid groups (broad SMARTS) is 1. The van der Waals surface area contributed by atoms with E-state index < -0.39 is 39.8 Å². The third-order valence-corrected chi connectivity index (χ3v) is 5.46. The number of fused-ring (bicyclic) bond motifs is 1. The number of aromatic nitrogens is 1. The SMILES string of the molecule is O=C(O)c1cc(S(=O)(=O)NC2CC3C(C2)C3(F)F)c[nH]1. The number of halogens is 2. The van der Waals surface area contributed by atoms with Crippen molar-refractivity contribution in [3.8, 4) is 0 Å². The number of rotatable bonds is 4. The maximum atomic E-state index is 13.0. The van der Waals surface area contributed by atoms with Crippen LogP contribution in [0.4, 0.5) is 8.78 Å². The Balaban J connectivity index is 1.69. The fraction of sp³-hybridized carbons (Fsp3) is 0.545. The van der Waals surface area contributed by atoms with Gasteiger partial charge < -0.3 is 10.1 Å². The van der Waals surface area contributed by atoms with E-state index in [2.05, 4.69) is 9.71 Å². The van der Waals surface area contributed by atoms with E-state index in [0.717, 1.165) is 12.3 Å². The van der Waals surface area contributed by atoms with Crippen molar-refractivity contribution in [1.29, 1.82) is 0 Å². The van der Waals surface area contributed by atoms with Gasteiger partial charge in [-0.1, -0.05) is 0 Å². The van der Waals surface area contributed by atoms with E-state index in [9.17, 15) is 22.0 Å². The first-order valence-corrected chi connectivity index (χ1v) is 7.52. The minimum Gasteiger partial charge on any atom is -0.477 e. The first kappa shape index (κ1) is 13.5. The first-order valence-electron chi connectivity index (χ1n) is 6.03. The van der Waals surface area contributed by atoms with Gasteiger partial charge in [0.2, 0.25) is 10.0 Å². The second-order valence-electron chi connectivity index (χ2n) is 5.23. The van der Waals surface area contributed by atoms with E-state index in [1.165, 1.54) is 0 Å². The van der Waals surface area contributed by atoms with Crippen LogP contribution in [0, 0.1) is 11.8 Å². The molecule has 0 saturated heterocycles. The van der Waals surface area contributed by atoms with Crippen LogP contribution in [0.15, 0.2) is 17.2 Å². The molecule has 3 rings (SSSR count). The van der Waals surface area contributed by atoms with Crippen LogP contribution >= 0.6 is 0 Å². The first-order chi connectivity index (χ1) is 9.22. The van der Waals surface area contributed by atoms with Crippen LogP contribution in [0.25, 0.3) is 0 Å². The summed E-state index contributed by atoms with van der Waals surface area (Å²) < 4.78 is 52.4. The van der Waals surface area contributed by atoms with Crippen LogP contribution in [0.1, 0.15) is 23.3 Å². The Morgan fingerprint density at radius 1 is 1.40 bits per heavy atom. The molecule has 2 aliphatic carbocycles. The molecule has 2 saturated carbocycles. The molecule has 0 aliphatic heterocycles. The van der Waals surface area contributed by atoms with Gasteiger partial charge in [0.05, 0.1) is 0 Å². The summed E-state index contributed by atoms with van der Waals surface area (Å²) in [5.41, 5.74) is -0.244. The molecule has 1 aromatic rings. The summed E-state index contributed by atoms with van der Waals surface area (Å²) in [6, 6.07) is 0.479. The Morgan fingerprint density at radius 3 is 2.50 bits per heavy atom. The molecule has 0 spiro atoms. The highest BCUT2D eigenvalue weighted by atomic mass is 32.2. The third kappa shape index (κ3) is 2.01. The van der Waals surface area contributed by atoms with Crippen molar-refractivity contribution in [2.24, 2.45) is 11.8 Å². The van der Waals surface area contributed by atoms with Crippen molar-refractivity contribution in [2.45, 2.75) is 29.7 Å². The number of hydrogen-bond acceptors (Lipinski definition) is 3. The fourth-order valence-corrected chi connectivity index (χ4v) is 4.10. The largest absolute Gasteiger partial charge is 0.477 e. The van der Waals surface area contributed by atoms with Gasteiger partial charge in [-0.3, -0.25) is 0 Å². The average molecular weight is 306 g/mol. The van der Waals surface area contributed by atoms with E-state index in [-0.39, 0.29) is 23.4 Å². The Hall–Kier alpha value is -1.48. The van der Waals surface area contributed by atoms with E-state index >= 15 is 0 Å². The van der Waals surface area contributed by atoms with Crippen LogP contribution in [0.3, 0.4) is 0 Å². The number of alkyl halides is 2. The summed E-state index contributed by atoms with van der Waals surface area (Å²) in [4.78, 5) is 12.8. The molecule has 0 radical (unpaired) electrons. The molecule has 2 unspecified atom stereocenters. The summed E-state index contributed by atoms with van der Waals surface area (Å²) in [6.45, 7) is 0. The minimum absolute atomic E-state index is 0.118. The number of hydrogen-bond donors (Lipinski definition) is 3. The Bertz CT molecular complexity index is 656. The minimum atomic E-state index is -3.89. The van der Waals surface area contributed by atoms with E-state index in [1.807, 2.05) is 0 Å². The van der Waals surface area contributed by atoms with Gasteiger partial charge in [-0.05, 0) is 18.9 Å². The van der Waals surface area contributed by atoms with Gasteiger partial charge in [0, 0.05) is 24.1 Å². The maximum absolute atomic E-state index is 13.0. The maximum Gasteiger partial charge on any atom is 0.352 e. The zero-order valence-corrected chi connectivity index (χ0v) is 11.0. The molecule has 2 atom stereocenters. The molecule has 1 heterocycles. The monoisotopic (exact) mass is 306 g/mol. The normalized spacial score (nSPS) is 31.0. The van der Waals surface area contributed by atoms with Gasteiger partial charge in [0.15, 0.2) is 0 Å². The van der Waals surface area contributed by atoms with Crippen LogP contribution in [0.2, 0.25) is 0 Å². The van der Waals surface area contributed by atoms with Gasteiger partial charge in [0.1, 0.15) is 10.6 Å². The predicted octanol–water partition coefficient (Wildman–Crippen LogP) is 1.03. The molecule has 0 aromatic carbocycles. The lowest BCUT2D eigenvalue weighted by Crippen LogP contribution is -2.35. The van der Waals surface area contributed by atoms with Crippen LogP contribution < -0.4 is 4.72 Å². The van der Waals surface area contributed by atoms with Crippen LogP contribution in [-0.2, 0) is 10.0 Å². The summed E-state index contributed by atoms with van der Waals surface area (Å²) >= 11 is 0. The number of aromatic carboxylic acids is 1. The number of nitrogens with one attached hydrogen (secondary N) is 2. The molecule has 3 N–H and O–H groups in total. The molecular weight excluding hydrogens is 294 g/mol. The number of aromatic amines is 1. The van der Waals surface area contributed by atoms with Gasteiger partial charge >= 0.3 is 5.97 Å². The Kier molecular flexibility index (Phi) is 2.71. The summed E-state index contributed by atoms with van der Waals surface area (Å²) in [7, 11) is -3.89. The van der Waals surface area contributed by atoms with E-state index in [1.54, 1.807) is 0 Å². The molecule has 1 aromatic heterocycles. The molecule has 2 aliphatic rings. The zero-order chi connectivity index (χ0) is 14.7. The number of carboxylic acids is 1. The molecule has 2 fully saturated rings. The van der Waals surface area contributed by atoms with Crippen molar-refractivity contribution in [2.75, 3.05) is 0 Å². The second-order valence-corrected chi connectivity index (χ2v) is 6.95. The molecule has 0 bridgehead atoms. The lowest BCUT2D eigenvalue weighted by Gasteiger charge is -2.15. The predicted molar refractivity (Wildman–Crippen MR) is 63.0 cm³/mol. The number of H-pyrrole nitrogens is 1. The molecule has 110 valence electrons. The average Bonchev–Trinajstić information content (AvgIpc) is 2.82. The highest BCUT2D eigenvalue weighted by molar-refractivity contribution is 7.89. The second kappa shape index (κ2) is 4.01. The van der Waals surface area contributed by atoms with Crippen LogP contribution in [0.5, 0.6) is 0 Å². The van der Waals surface area contributed by atoms with Crippen molar-refractivity contribution in [3.05, 3.63) is 18.0 Å². The van der Waals surface area contributed by atoms with Gasteiger partial charge in [0.25, 0.3) is 5.92 Å². The topological polar surface area (TPSA) is 99.3 Å². The lowest BCUT2D eigenvalue weighted by atomic mass is 10.2. The molecular formula is C11H12F2N2O4S. The molecule has 0 amide bonds. The van der Waals surface area contributed by atoms with Gasteiger partial charge in [-0.25, -0.2) is 26.7 Å².